The molecule has 0 radical (unpaired) electrons. The van der Waals surface area contributed by atoms with Crippen molar-refractivity contribution in [3.8, 4) is 5.75 Å². The maximum absolute atomic E-state index is 13.8. The van der Waals surface area contributed by atoms with E-state index in [-0.39, 0.29) is 5.56 Å². The van der Waals surface area contributed by atoms with E-state index in [0.717, 1.165) is 12.1 Å². The normalized spacial score (nSPS) is 12.2. The van der Waals surface area contributed by atoms with Gasteiger partial charge in [0.1, 0.15) is 0 Å². The summed E-state index contributed by atoms with van der Waals surface area (Å²) >= 11 is -2.64. The number of ketones is 1. The van der Waals surface area contributed by atoms with Gasteiger partial charge in [0, 0.05) is 25.2 Å². The van der Waals surface area contributed by atoms with Crippen molar-refractivity contribution in [1.82, 2.24) is 5.01 Å². The molecule has 24 heavy (non-hydrogen) atoms. The zero-order valence-corrected chi connectivity index (χ0v) is 13.7. The van der Waals surface area contributed by atoms with Crippen LogP contribution in [0.5, 0.6) is 5.75 Å². The zero-order valence-electron chi connectivity index (χ0n) is 12.8. The molecule has 2 rings (SSSR count). The number of carbonyl (C=O) groups excluding carboxylic acids is 1. The standard InChI is InChI=1S/C15H14FN3O4S/c1-19(2)18-17-12-6-3-10(4-7-12)15(20)11-5-8-14(13(16)9-11)23-24(21)22/h3-9H,1-2H3,(H,21,22). The fourth-order valence-electron chi connectivity index (χ4n) is 1.77. The summed E-state index contributed by atoms with van der Waals surface area (Å²) in [6.45, 7) is 0. The number of carbonyl (C=O) groups is 1. The second kappa shape index (κ2) is 7.75. The molecule has 0 heterocycles. The maximum atomic E-state index is 13.8. The third kappa shape index (κ3) is 4.67. The highest BCUT2D eigenvalue weighted by molar-refractivity contribution is 7.74. The lowest BCUT2D eigenvalue weighted by Gasteiger charge is -2.05. The summed E-state index contributed by atoms with van der Waals surface area (Å²) < 4.78 is 37.2. The van der Waals surface area contributed by atoms with Crippen LogP contribution in [-0.4, -0.2) is 33.6 Å². The second-order valence-corrected chi connectivity index (χ2v) is 5.46. The van der Waals surface area contributed by atoms with Crippen molar-refractivity contribution in [2.45, 2.75) is 0 Å². The van der Waals surface area contributed by atoms with Crippen LogP contribution < -0.4 is 4.18 Å². The molecular formula is C15H14FN3O4S. The van der Waals surface area contributed by atoms with Crippen molar-refractivity contribution in [1.29, 1.82) is 0 Å². The Kier molecular flexibility index (Phi) is 5.72. The molecule has 0 amide bonds. The average molecular weight is 351 g/mol. The van der Waals surface area contributed by atoms with E-state index in [1.807, 2.05) is 0 Å². The predicted octanol–water partition coefficient (Wildman–Crippen LogP) is 3.13. The van der Waals surface area contributed by atoms with Crippen LogP contribution in [-0.2, 0) is 11.4 Å². The number of hydrogen-bond acceptors (Lipinski definition) is 5. The van der Waals surface area contributed by atoms with E-state index in [9.17, 15) is 13.4 Å². The average Bonchev–Trinajstić information content (AvgIpc) is 2.54. The van der Waals surface area contributed by atoms with Gasteiger partial charge < -0.3 is 4.18 Å². The molecule has 0 spiro atoms. The molecule has 1 atom stereocenters. The Balaban J connectivity index is 2.19. The lowest BCUT2D eigenvalue weighted by Crippen LogP contribution is -2.04. The highest BCUT2D eigenvalue weighted by Gasteiger charge is 2.14. The lowest BCUT2D eigenvalue weighted by molar-refractivity contribution is 0.103. The zero-order chi connectivity index (χ0) is 17.7. The van der Waals surface area contributed by atoms with Crippen molar-refractivity contribution in [2.24, 2.45) is 10.3 Å². The van der Waals surface area contributed by atoms with Gasteiger partial charge >= 0.3 is 11.4 Å². The number of halogens is 1. The molecule has 0 aliphatic rings. The van der Waals surface area contributed by atoms with Gasteiger partial charge in [-0.2, -0.15) is 4.21 Å². The van der Waals surface area contributed by atoms with Crippen molar-refractivity contribution < 1.29 is 22.1 Å². The molecule has 7 nitrogen and oxygen atoms in total. The number of benzene rings is 2. The number of hydrogen-bond donors (Lipinski definition) is 1. The molecule has 2 aromatic rings. The Morgan fingerprint density at radius 3 is 2.33 bits per heavy atom. The van der Waals surface area contributed by atoms with Gasteiger partial charge in [0.25, 0.3) is 0 Å². The number of nitrogens with zero attached hydrogens (tertiary/aromatic N) is 3. The van der Waals surface area contributed by atoms with E-state index >= 15 is 0 Å². The molecule has 0 aliphatic heterocycles. The Labute approximate surface area is 140 Å². The molecule has 1 unspecified atom stereocenters. The molecule has 0 saturated carbocycles. The lowest BCUT2D eigenvalue weighted by atomic mass is 10.0. The fraction of sp³-hybridized carbons (Fsp3) is 0.133. The van der Waals surface area contributed by atoms with Crippen LogP contribution in [0.3, 0.4) is 0 Å². The molecule has 126 valence electrons. The fourth-order valence-corrected chi connectivity index (χ4v) is 2.06. The topological polar surface area (TPSA) is 91.6 Å². The first-order valence-corrected chi connectivity index (χ1v) is 7.72. The van der Waals surface area contributed by atoms with E-state index in [4.69, 9.17) is 4.55 Å². The van der Waals surface area contributed by atoms with E-state index in [1.54, 1.807) is 38.4 Å². The summed E-state index contributed by atoms with van der Waals surface area (Å²) in [5, 5.41) is 9.31. The Morgan fingerprint density at radius 1 is 1.17 bits per heavy atom. The number of rotatable bonds is 6. The van der Waals surface area contributed by atoms with Crippen LogP contribution >= 0.6 is 0 Å². The molecule has 2 aromatic carbocycles. The van der Waals surface area contributed by atoms with E-state index in [1.165, 1.54) is 11.1 Å². The summed E-state index contributed by atoms with van der Waals surface area (Å²) in [5.41, 5.74) is 1.00. The Hall–Kier alpha value is -2.65. The molecule has 0 aromatic heterocycles. The minimum atomic E-state index is -2.64. The maximum Gasteiger partial charge on any atom is 0.357 e. The molecule has 0 saturated heterocycles. The van der Waals surface area contributed by atoms with E-state index in [2.05, 4.69) is 14.5 Å². The van der Waals surface area contributed by atoms with Gasteiger partial charge in [-0.3, -0.25) is 14.4 Å². The molecule has 9 heteroatoms. The first kappa shape index (κ1) is 17.7. The summed E-state index contributed by atoms with van der Waals surface area (Å²) in [5.74, 6) is -1.71. The first-order valence-electron chi connectivity index (χ1n) is 6.69. The van der Waals surface area contributed by atoms with E-state index in [0.29, 0.717) is 11.3 Å². The molecule has 0 bridgehead atoms. The second-order valence-electron chi connectivity index (χ2n) is 4.86. The van der Waals surface area contributed by atoms with Crippen LogP contribution in [0.4, 0.5) is 10.1 Å². The largest absolute Gasteiger partial charge is 0.377 e. The Bertz CT molecular complexity index is 794. The van der Waals surface area contributed by atoms with Crippen molar-refractivity contribution in [2.75, 3.05) is 14.1 Å². The van der Waals surface area contributed by atoms with Crippen molar-refractivity contribution in [3.63, 3.8) is 0 Å². The molecule has 0 fully saturated rings. The van der Waals surface area contributed by atoms with Gasteiger partial charge in [-0.25, -0.2) is 4.39 Å². The SMILES string of the molecule is CN(C)N=Nc1ccc(C(=O)c2ccc(OS(=O)O)c(F)c2)cc1. The molecular weight excluding hydrogens is 337 g/mol. The van der Waals surface area contributed by atoms with Crippen LogP contribution in [0.2, 0.25) is 0 Å². The van der Waals surface area contributed by atoms with Crippen LogP contribution in [0.1, 0.15) is 15.9 Å². The van der Waals surface area contributed by atoms with Crippen molar-refractivity contribution >= 4 is 22.8 Å². The van der Waals surface area contributed by atoms with Gasteiger partial charge in [-0.1, -0.05) is 5.22 Å². The summed E-state index contributed by atoms with van der Waals surface area (Å²) in [7, 11) is 3.46. The summed E-state index contributed by atoms with van der Waals surface area (Å²) in [6.07, 6.45) is 0. The molecule has 0 aliphatic carbocycles. The van der Waals surface area contributed by atoms with Crippen molar-refractivity contribution in [3.05, 3.63) is 59.4 Å². The van der Waals surface area contributed by atoms with Gasteiger partial charge in [0.2, 0.25) is 0 Å². The van der Waals surface area contributed by atoms with E-state index < -0.39 is 28.7 Å². The van der Waals surface area contributed by atoms with Crippen LogP contribution in [0.15, 0.2) is 52.8 Å². The first-order chi connectivity index (χ1) is 11.4. The highest BCUT2D eigenvalue weighted by Crippen LogP contribution is 2.22. The van der Waals surface area contributed by atoms with Crippen LogP contribution in [0.25, 0.3) is 0 Å². The quantitative estimate of drug-likeness (QED) is 0.374. The minimum absolute atomic E-state index is 0.0891. The summed E-state index contributed by atoms with van der Waals surface area (Å²) in [6, 6.07) is 9.72. The predicted molar refractivity (Wildman–Crippen MR) is 85.9 cm³/mol. The van der Waals surface area contributed by atoms with Gasteiger partial charge in [0.05, 0.1) is 5.69 Å². The Morgan fingerprint density at radius 2 is 1.79 bits per heavy atom. The monoisotopic (exact) mass is 351 g/mol. The highest BCUT2D eigenvalue weighted by atomic mass is 32.2. The third-order valence-corrected chi connectivity index (χ3v) is 3.15. The van der Waals surface area contributed by atoms with Gasteiger partial charge in [-0.15, -0.1) is 5.11 Å². The van der Waals surface area contributed by atoms with Gasteiger partial charge in [0.15, 0.2) is 17.3 Å². The van der Waals surface area contributed by atoms with Crippen LogP contribution in [0, 0.1) is 5.82 Å². The molecule has 1 N–H and O–H groups in total. The van der Waals surface area contributed by atoms with Gasteiger partial charge in [-0.05, 0) is 42.5 Å². The third-order valence-electron chi connectivity index (χ3n) is 2.82. The summed E-state index contributed by atoms with van der Waals surface area (Å²) in [4.78, 5) is 12.3. The minimum Gasteiger partial charge on any atom is -0.377 e. The smallest absolute Gasteiger partial charge is 0.357 e.